The zero-order valence-electron chi connectivity index (χ0n) is 14.8. The standard InChI is InChI=1S/C16H30N6O.HI/c1-3-22-13-20-21-15(22)12-19-16(17-2)18-10-11-23-14-8-6-4-5-7-9-14;/h13-14H,3-12H2,1-2H3,(H2,17,18,19);1H. The molecular formula is C16H31IN6O. The molecule has 24 heavy (non-hydrogen) atoms. The molecule has 0 amide bonds. The molecule has 2 N–H and O–H groups in total. The van der Waals surface area contributed by atoms with Crippen LogP contribution in [0, 0.1) is 0 Å². The van der Waals surface area contributed by atoms with Gasteiger partial charge < -0.3 is 19.9 Å². The average Bonchev–Trinajstić information content (AvgIpc) is 2.88. The van der Waals surface area contributed by atoms with Crippen molar-refractivity contribution in [2.75, 3.05) is 20.2 Å². The monoisotopic (exact) mass is 450 g/mol. The van der Waals surface area contributed by atoms with Crippen molar-refractivity contribution in [2.24, 2.45) is 4.99 Å². The molecule has 7 nitrogen and oxygen atoms in total. The molecule has 1 aromatic heterocycles. The SMILES string of the molecule is CCn1cnnc1CNC(=NC)NCCOC1CCCCCC1.I. The first-order valence-corrected chi connectivity index (χ1v) is 8.76. The smallest absolute Gasteiger partial charge is 0.191 e. The summed E-state index contributed by atoms with van der Waals surface area (Å²) in [7, 11) is 1.77. The summed E-state index contributed by atoms with van der Waals surface area (Å²) in [5.74, 6) is 1.67. The van der Waals surface area contributed by atoms with Gasteiger partial charge in [-0.3, -0.25) is 4.99 Å². The van der Waals surface area contributed by atoms with Crippen molar-refractivity contribution in [3.05, 3.63) is 12.2 Å². The van der Waals surface area contributed by atoms with Crippen molar-refractivity contribution in [3.8, 4) is 0 Å². The zero-order valence-corrected chi connectivity index (χ0v) is 17.2. The fourth-order valence-electron chi connectivity index (χ4n) is 2.87. The van der Waals surface area contributed by atoms with E-state index >= 15 is 0 Å². The number of hydrogen-bond acceptors (Lipinski definition) is 4. The molecule has 1 heterocycles. The normalized spacial score (nSPS) is 16.3. The molecule has 1 aromatic rings. The summed E-state index contributed by atoms with van der Waals surface area (Å²) >= 11 is 0. The topological polar surface area (TPSA) is 76.4 Å². The molecular weight excluding hydrogens is 419 g/mol. The number of guanidine groups is 1. The maximum atomic E-state index is 5.97. The highest BCUT2D eigenvalue weighted by Gasteiger charge is 2.12. The van der Waals surface area contributed by atoms with Crippen LogP contribution in [-0.4, -0.2) is 47.0 Å². The number of nitrogens with one attached hydrogen (secondary N) is 2. The maximum Gasteiger partial charge on any atom is 0.191 e. The Morgan fingerprint density at radius 1 is 1.29 bits per heavy atom. The lowest BCUT2D eigenvalue weighted by Crippen LogP contribution is -2.39. The third-order valence-electron chi connectivity index (χ3n) is 4.22. The molecule has 0 aromatic carbocycles. The Kier molecular flexibility index (Phi) is 11.0. The molecule has 0 bridgehead atoms. The zero-order chi connectivity index (χ0) is 16.3. The average molecular weight is 450 g/mol. The predicted molar refractivity (Wildman–Crippen MR) is 107 cm³/mol. The number of halogens is 1. The van der Waals surface area contributed by atoms with Crippen LogP contribution in [-0.2, 0) is 17.8 Å². The van der Waals surface area contributed by atoms with Crippen molar-refractivity contribution >= 4 is 29.9 Å². The second kappa shape index (κ2) is 12.5. The molecule has 1 aliphatic carbocycles. The van der Waals surface area contributed by atoms with Crippen molar-refractivity contribution in [1.82, 2.24) is 25.4 Å². The third-order valence-corrected chi connectivity index (χ3v) is 4.22. The molecule has 0 unspecified atom stereocenters. The van der Waals surface area contributed by atoms with Gasteiger partial charge in [0.1, 0.15) is 6.33 Å². The second-order valence-electron chi connectivity index (χ2n) is 5.87. The van der Waals surface area contributed by atoms with E-state index in [0.29, 0.717) is 12.6 Å². The predicted octanol–water partition coefficient (Wildman–Crippen LogP) is 2.32. The lowest BCUT2D eigenvalue weighted by Gasteiger charge is -2.16. The van der Waals surface area contributed by atoms with E-state index < -0.39 is 0 Å². The first-order chi connectivity index (χ1) is 11.3. The van der Waals surface area contributed by atoms with Gasteiger partial charge in [0.15, 0.2) is 11.8 Å². The summed E-state index contributed by atoms with van der Waals surface area (Å²) in [6.45, 7) is 5.03. The lowest BCUT2D eigenvalue weighted by molar-refractivity contribution is 0.0468. The number of ether oxygens (including phenoxy) is 1. The molecule has 0 spiro atoms. The van der Waals surface area contributed by atoms with Gasteiger partial charge in [-0.15, -0.1) is 34.2 Å². The molecule has 1 aliphatic rings. The van der Waals surface area contributed by atoms with Gasteiger partial charge in [0, 0.05) is 20.1 Å². The van der Waals surface area contributed by atoms with Gasteiger partial charge in [0.05, 0.1) is 19.3 Å². The van der Waals surface area contributed by atoms with Gasteiger partial charge >= 0.3 is 0 Å². The molecule has 2 rings (SSSR count). The van der Waals surface area contributed by atoms with Crippen LogP contribution < -0.4 is 10.6 Å². The molecule has 138 valence electrons. The van der Waals surface area contributed by atoms with Gasteiger partial charge in [-0.25, -0.2) is 0 Å². The van der Waals surface area contributed by atoms with Crippen LogP contribution in [0.1, 0.15) is 51.3 Å². The van der Waals surface area contributed by atoms with E-state index in [-0.39, 0.29) is 24.0 Å². The highest BCUT2D eigenvalue weighted by molar-refractivity contribution is 14.0. The third kappa shape index (κ3) is 7.33. The number of aromatic nitrogens is 3. The van der Waals surface area contributed by atoms with E-state index in [1.165, 1.54) is 38.5 Å². The van der Waals surface area contributed by atoms with Crippen LogP contribution in [0.2, 0.25) is 0 Å². The molecule has 0 atom stereocenters. The van der Waals surface area contributed by atoms with Crippen LogP contribution in [0.3, 0.4) is 0 Å². The summed E-state index contributed by atoms with van der Waals surface area (Å²) in [6, 6.07) is 0. The van der Waals surface area contributed by atoms with Crippen LogP contribution in [0.5, 0.6) is 0 Å². The van der Waals surface area contributed by atoms with Gasteiger partial charge in [-0.2, -0.15) is 0 Å². The van der Waals surface area contributed by atoms with Crippen LogP contribution >= 0.6 is 24.0 Å². The summed E-state index contributed by atoms with van der Waals surface area (Å²) in [5, 5.41) is 14.6. The second-order valence-corrected chi connectivity index (χ2v) is 5.87. The van der Waals surface area contributed by atoms with Crippen molar-refractivity contribution in [3.63, 3.8) is 0 Å². The van der Waals surface area contributed by atoms with E-state index in [0.717, 1.165) is 31.5 Å². The molecule has 0 radical (unpaired) electrons. The first-order valence-electron chi connectivity index (χ1n) is 8.76. The van der Waals surface area contributed by atoms with Crippen LogP contribution in [0.15, 0.2) is 11.3 Å². The lowest BCUT2D eigenvalue weighted by atomic mass is 10.1. The minimum Gasteiger partial charge on any atom is -0.376 e. The maximum absolute atomic E-state index is 5.97. The Morgan fingerprint density at radius 3 is 2.71 bits per heavy atom. The van der Waals surface area contributed by atoms with Crippen LogP contribution in [0.25, 0.3) is 0 Å². The minimum absolute atomic E-state index is 0. The number of aryl methyl sites for hydroxylation is 1. The largest absolute Gasteiger partial charge is 0.376 e. The summed E-state index contributed by atoms with van der Waals surface area (Å²) < 4.78 is 7.98. The van der Waals surface area contributed by atoms with Gasteiger partial charge in [-0.05, 0) is 19.8 Å². The Morgan fingerprint density at radius 2 is 2.04 bits per heavy atom. The number of hydrogen-bond donors (Lipinski definition) is 2. The Balaban J connectivity index is 0.00000288. The van der Waals surface area contributed by atoms with Crippen LogP contribution in [0.4, 0.5) is 0 Å². The summed E-state index contributed by atoms with van der Waals surface area (Å²) in [4.78, 5) is 4.22. The number of nitrogens with zero attached hydrogens (tertiary/aromatic N) is 4. The highest BCUT2D eigenvalue weighted by Crippen LogP contribution is 2.19. The quantitative estimate of drug-likeness (QED) is 0.219. The van der Waals surface area contributed by atoms with E-state index in [2.05, 4.69) is 32.7 Å². The molecule has 0 saturated heterocycles. The van der Waals surface area contributed by atoms with E-state index in [1.807, 2.05) is 4.57 Å². The molecule has 0 aliphatic heterocycles. The Labute approximate surface area is 162 Å². The number of aliphatic imine (C=N–C) groups is 1. The summed E-state index contributed by atoms with van der Waals surface area (Å²) in [5.41, 5.74) is 0. The first kappa shape index (κ1) is 21.1. The highest BCUT2D eigenvalue weighted by atomic mass is 127. The number of rotatable bonds is 7. The van der Waals surface area contributed by atoms with E-state index in [9.17, 15) is 0 Å². The molecule has 8 heteroatoms. The fourth-order valence-corrected chi connectivity index (χ4v) is 2.87. The minimum atomic E-state index is 0. The van der Waals surface area contributed by atoms with Gasteiger partial charge in [0.25, 0.3) is 0 Å². The van der Waals surface area contributed by atoms with Crippen molar-refractivity contribution < 1.29 is 4.74 Å². The van der Waals surface area contributed by atoms with Crippen molar-refractivity contribution in [2.45, 2.75) is 64.6 Å². The van der Waals surface area contributed by atoms with Gasteiger partial charge in [0.2, 0.25) is 0 Å². The molecule has 1 saturated carbocycles. The molecule has 1 fully saturated rings. The Hall–Kier alpha value is -0.900. The van der Waals surface area contributed by atoms with Crippen molar-refractivity contribution in [1.29, 1.82) is 0 Å². The summed E-state index contributed by atoms with van der Waals surface area (Å²) in [6.07, 6.45) is 9.93. The van der Waals surface area contributed by atoms with E-state index in [1.54, 1.807) is 13.4 Å². The fraction of sp³-hybridized carbons (Fsp3) is 0.812. The van der Waals surface area contributed by atoms with E-state index in [4.69, 9.17) is 4.74 Å². The van der Waals surface area contributed by atoms with Gasteiger partial charge in [-0.1, -0.05) is 25.7 Å². The Bertz CT molecular complexity index is 471.